The number of hydrogen-bond acceptors (Lipinski definition) is 3. The first-order chi connectivity index (χ1) is 8.63. The van der Waals surface area contributed by atoms with Crippen molar-refractivity contribution in [2.24, 2.45) is 5.92 Å². The monoisotopic (exact) mass is 258 g/mol. The third kappa shape index (κ3) is 5.35. The van der Waals surface area contributed by atoms with Crippen LogP contribution in [0, 0.1) is 5.92 Å². The van der Waals surface area contributed by atoms with Crippen molar-refractivity contribution in [1.29, 1.82) is 0 Å². The molecule has 18 heavy (non-hydrogen) atoms. The van der Waals surface area contributed by atoms with Crippen LogP contribution in [0.1, 0.15) is 26.2 Å². The van der Waals surface area contributed by atoms with Gasteiger partial charge in [-0.15, -0.1) is 0 Å². The second-order valence-electron chi connectivity index (χ2n) is 4.48. The van der Waals surface area contributed by atoms with E-state index in [0.717, 1.165) is 12.8 Å². The van der Waals surface area contributed by atoms with Crippen LogP contribution in [-0.2, 0) is 9.53 Å². The van der Waals surface area contributed by atoms with Gasteiger partial charge < -0.3 is 20.1 Å². The Morgan fingerprint density at radius 1 is 1.50 bits per heavy atom. The molecule has 2 amide bonds. The standard InChI is InChI=1S/C12H22N2O4/c1-2-18-7-5-13-12(17)14-6-3-4-10(9-14)8-11(15)16/h10H,2-9H2,1H3,(H,13,17)(H,15,16). The Bertz CT molecular complexity index is 283. The van der Waals surface area contributed by atoms with E-state index in [1.165, 1.54) is 0 Å². The molecular weight excluding hydrogens is 236 g/mol. The molecule has 1 saturated heterocycles. The highest BCUT2D eigenvalue weighted by Gasteiger charge is 2.24. The van der Waals surface area contributed by atoms with Gasteiger partial charge in [-0.05, 0) is 25.7 Å². The van der Waals surface area contributed by atoms with E-state index in [2.05, 4.69) is 5.32 Å². The Hall–Kier alpha value is -1.30. The molecule has 1 rings (SSSR count). The van der Waals surface area contributed by atoms with Gasteiger partial charge in [0.25, 0.3) is 0 Å². The number of nitrogens with zero attached hydrogens (tertiary/aromatic N) is 1. The van der Waals surface area contributed by atoms with Gasteiger partial charge in [0.05, 0.1) is 6.61 Å². The molecule has 0 saturated carbocycles. The first kappa shape index (κ1) is 14.8. The molecule has 0 radical (unpaired) electrons. The van der Waals surface area contributed by atoms with Gasteiger partial charge in [-0.25, -0.2) is 4.79 Å². The maximum atomic E-state index is 11.8. The second kappa shape index (κ2) is 7.92. The average Bonchev–Trinajstić information content (AvgIpc) is 2.34. The summed E-state index contributed by atoms with van der Waals surface area (Å²) in [5.41, 5.74) is 0. The number of ether oxygens (including phenoxy) is 1. The topological polar surface area (TPSA) is 78.9 Å². The summed E-state index contributed by atoms with van der Waals surface area (Å²) in [5, 5.41) is 11.5. The van der Waals surface area contributed by atoms with E-state index in [1.807, 2.05) is 6.92 Å². The smallest absolute Gasteiger partial charge is 0.317 e. The molecule has 1 aliphatic rings. The highest BCUT2D eigenvalue weighted by atomic mass is 16.5. The molecule has 1 heterocycles. The Morgan fingerprint density at radius 2 is 2.28 bits per heavy atom. The van der Waals surface area contributed by atoms with Crippen LogP contribution in [0.5, 0.6) is 0 Å². The number of nitrogens with one attached hydrogen (secondary N) is 1. The third-order valence-corrected chi connectivity index (χ3v) is 3.00. The minimum Gasteiger partial charge on any atom is -0.481 e. The van der Waals surface area contributed by atoms with E-state index in [9.17, 15) is 9.59 Å². The van der Waals surface area contributed by atoms with Crippen molar-refractivity contribution in [3.8, 4) is 0 Å². The molecule has 2 N–H and O–H groups in total. The molecule has 0 aromatic carbocycles. The van der Waals surface area contributed by atoms with E-state index >= 15 is 0 Å². The minimum absolute atomic E-state index is 0.0777. The molecular formula is C12H22N2O4. The van der Waals surface area contributed by atoms with Crippen LogP contribution >= 0.6 is 0 Å². The lowest BCUT2D eigenvalue weighted by atomic mass is 9.95. The summed E-state index contributed by atoms with van der Waals surface area (Å²) >= 11 is 0. The van der Waals surface area contributed by atoms with Gasteiger partial charge in [0.1, 0.15) is 0 Å². The summed E-state index contributed by atoms with van der Waals surface area (Å²) < 4.78 is 5.13. The van der Waals surface area contributed by atoms with Crippen molar-refractivity contribution in [3.05, 3.63) is 0 Å². The fourth-order valence-electron chi connectivity index (χ4n) is 2.15. The van der Waals surface area contributed by atoms with E-state index in [4.69, 9.17) is 9.84 Å². The number of carbonyl (C=O) groups is 2. The Morgan fingerprint density at radius 3 is 2.94 bits per heavy atom. The minimum atomic E-state index is -0.793. The summed E-state index contributed by atoms with van der Waals surface area (Å²) in [6.45, 7) is 4.79. The number of carboxylic acids is 1. The lowest BCUT2D eigenvalue weighted by molar-refractivity contribution is -0.138. The van der Waals surface area contributed by atoms with Gasteiger partial charge in [0, 0.05) is 32.7 Å². The quantitative estimate of drug-likeness (QED) is 0.694. The lowest BCUT2D eigenvalue weighted by Gasteiger charge is -2.32. The van der Waals surface area contributed by atoms with Crippen molar-refractivity contribution in [1.82, 2.24) is 10.2 Å². The fourth-order valence-corrected chi connectivity index (χ4v) is 2.15. The highest BCUT2D eigenvalue weighted by Crippen LogP contribution is 2.19. The fraction of sp³-hybridized carbons (Fsp3) is 0.833. The molecule has 6 heteroatoms. The predicted octanol–water partition coefficient (Wildman–Crippen LogP) is 0.919. The van der Waals surface area contributed by atoms with Gasteiger partial charge in [0.2, 0.25) is 0 Å². The molecule has 0 aliphatic carbocycles. The zero-order chi connectivity index (χ0) is 13.4. The molecule has 0 spiro atoms. The maximum absolute atomic E-state index is 11.8. The number of rotatable bonds is 6. The largest absolute Gasteiger partial charge is 0.481 e. The van der Waals surface area contributed by atoms with Gasteiger partial charge in [-0.2, -0.15) is 0 Å². The first-order valence-electron chi connectivity index (χ1n) is 6.45. The van der Waals surface area contributed by atoms with Gasteiger partial charge in [-0.3, -0.25) is 4.79 Å². The van der Waals surface area contributed by atoms with Crippen LogP contribution in [0.15, 0.2) is 0 Å². The summed E-state index contributed by atoms with van der Waals surface area (Å²) in [6, 6.07) is -0.121. The normalized spacial score (nSPS) is 19.6. The number of hydrogen-bond donors (Lipinski definition) is 2. The average molecular weight is 258 g/mol. The zero-order valence-electron chi connectivity index (χ0n) is 10.9. The first-order valence-corrected chi connectivity index (χ1v) is 6.45. The molecule has 1 aliphatic heterocycles. The van der Waals surface area contributed by atoms with Crippen LogP contribution in [0.3, 0.4) is 0 Å². The number of urea groups is 1. The number of carbonyl (C=O) groups excluding carboxylic acids is 1. The van der Waals surface area contributed by atoms with E-state index in [1.54, 1.807) is 4.90 Å². The van der Waals surface area contributed by atoms with Crippen molar-refractivity contribution >= 4 is 12.0 Å². The molecule has 1 fully saturated rings. The number of piperidine rings is 1. The van der Waals surface area contributed by atoms with Crippen molar-refractivity contribution in [2.75, 3.05) is 32.8 Å². The Kier molecular flexibility index (Phi) is 6.49. The Labute approximate surface area is 107 Å². The maximum Gasteiger partial charge on any atom is 0.317 e. The van der Waals surface area contributed by atoms with E-state index < -0.39 is 5.97 Å². The molecule has 0 bridgehead atoms. The summed E-state index contributed by atoms with van der Waals surface area (Å²) in [5.74, 6) is -0.715. The third-order valence-electron chi connectivity index (χ3n) is 3.00. The second-order valence-corrected chi connectivity index (χ2v) is 4.48. The molecule has 1 atom stereocenters. The highest BCUT2D eigenvalue weighted by molar-refractivity contribution is 5.74. The zero-order valence-corrected chi connectivity index (χ0v) is 10.9. The van der Waals surface area contributed by atoms with Crippen molar-refractivity contribution in [3.63, 3.8) is 0 Å². The molecule has 0 aromatic heterocycles. The molecule has 104 valence electrons. The predicted molar refractivity (Wildman–Crippen MR) is 66.4 cm³/mol. The summed E-state index contributed by atoms with van der Waals surface area (Å²) in [7, 11) is 0. The van der Waals surface area contributed by atoms with Crippen molar-refractivity contribution < 1.29 is 19.4 Å². The lowest BCUT2D eigenvalue weighted by Crippen LogP contribution is -2.46. The van der Waals surface area contributed by atoms with Crippen LogP contribution in [-0.4, -0.2) is 54.9 Å². The molecule has 6 nitrogen and oxygen atoms in total. The van der Waals surface area contributed by atoms with Gasteiger partial charge in [0.15, 0.2) is 0 Å². The van der Waals surface area contributed by atoms with Crippen LogP contribution < -0.4 is 5.32 Å². The molecule has 1 unspecified atom stereocenters. The van der Waals surface area contributed by atoms with Crippen LogP contribution in [0.25, 0.3) is 0 Å². The van der Waals surface area contributed by atoms with E-state index in [-0.39, 0.29) is 18.4 Å². The molecule has 0 aromatic rings. The SMILES string of the molecule is CCOCCNC(=O)N1CCCC(CC(=O)O)C1. The Balaban J connectivity index is 2.27. The van der Waals surface area contributed by atoms with Gasteiger partial charge in [-0.1, -0.05) is 0 Å². The van der Waals surface area contributed by atoms with Gasteiger partial charge >= 0.3 is 12.0 Å². The van der Waals surface area contributed by atoms with Crippen molar-refractivity contribution in [2.45, 2.75) is 26.2 Å². The number of amides is 2. The summed E-state index contributed by atoms with van der Waals surface area (Å²) in [4.78, 5) is 24.2. The summed E-state index contributed by atoms with van der Waals surface area (Å²) in [6.07, 6.45) is 1.90. The van der Waals surface area contributed by atoms with Crippen LogP contribution in [0.4, 0.5) is 4.79 Å². The number of carboxylic acid groups (broad SMARTS) is 1. The number of aliphatic carboxylic acids is 1. The number of likely N-dealkylation sites (tertiary alicyclic amines) is 1. The van der Waals surface area contributed by atoms with E-state index in [0.29, 0.717) is 32.8 Å². The van der Waals surface area contributed by atoms with Crippen LogP contribution in [0.2, 0.25) is 0 Å².